The smallest absolute Gasteiger partial charge is 0.258 e. The summed E-state index contributed by atoms with van der Waals surface area (Å²) < 4.78 is 0. The summed E-state index contributed by atoms with van der Waals surface area (Å²) >= 11 is 0. The lowest BCUT2D eigenvalue weighted by atomic mass is 9.89. The van der Waals surface area contributed by atoms with Crippen LogP contribution >= 0.6 is 0 Å². The van der Waals surface area contributed by atoms with E-state index < -0.39 is 0 Å². The summed E-state index contributed by atoms with van der Waals surface area (Å²) in [4.78, 5) is 28.9. The Bertz CT molecular complexity index is 1350. The predicted octanol–water partition coefficient (Wildman–Crippen LogP) is 6.77. The fourth-order valence-corrected chi connectivity index (χ4v) is 5.71. The minimum atomic E-state index is -0.181. The molecule has 3 aromatic carbocycles. The van der Waals surface area contributed by atoms with Crippen LogP contribution in [-0.4, -0.2) is 36.3 Å². The third-order valence-corrected chi connectivity index (χ3v) is 8.14. The van der Waals surface area contributed by atoms with Gasteiger partial charge in [0.1, 0.15) is 0 Å². The van der Waals surface area contributed by atoms with Gasteiger partial charge in [0.05, 0.1) is 11.3 Å². The van der Waals surface area contributed by atoms with Crippen LogP contribution in [0.25, 0.3) is 11.3 Å². The number of carbonyl (C=O) groups excluding carboxylic acids is 2. The number of nitrogens with one attached hydrogen (secondary N) is 3. The van der Waals surface area contributed by atoms with Gasteiger partial charge < -0.3 is 16.0 Å². The maximum absolute atomic E-state index is 13.4. The van der Waals surface area contributed by atoms with Crippen LogP contribution < -0.4 is 16.0 Å². The van der Waals surface area contributed by atoms with Gasteiger partial charge >= 0.3 is 0 Å². The van der Waals surface area contributed by atoms with E-state index in [-0.39, 0.29) is 11.8 Å². The molecule has 208 valence electrons. The monoisotopic (exact) mass is 536 g/mol. The predicted molar refractivity (Wildman–Crippen MR) is 164 cm³/mol. The molecular weight excluding hydrogens is 496 g/mol. The molecular formula is C34H40N4O2. The molecule has 1 heterocycles. The van der Waals surface area contributed by atoms with Gasteiger partial charge in [-0.2, -0.15) is 0 Å². The highest BCUT2D eigenvalue weighted by molar-refractivity contribution is 6.37. The van der Waals surface area contributed by atoms with E-state index in [0.717, 1.165) is 36.4 Å². The summed E-state index contributed by atoms with van der Waals surface area (Å²) in [6.07, 6.45) is 6.14. The molecule has 3 N–H and O–H groups in total. The molecule has 0 radical (unpaired) electrons. The van der Waals surface area contributed by atoms with Crippen LogP contribution in [0, 0.1) is 5.92 Å². The molecule has 0 unspecified atom stereocenters. The number of hydrogen-bond donors (Lipinski definition) is 3. The molecule has 0 atom stereocenters. The van der Waals surface area contributed by atoms with E-state index in [1.54, 1.807) is 6.07 Å². The minimum Gasteiger partial charge on any atom is -0.354 e. The van der Waals surface area contributed by atoms with Crippen molar-refractivity contribution < 1.29 is 9.59 Å². The second-order valence-corrected chi connectivity index (χ2v) is 10.8. The Morgan fingerprint density at radius 3 is 2.33 bits per heavy atom. The van der Waals surface area contributed by atoms with Crippen LogP contribution in [0.15, 0.2) is 72.8 Å². The van der Waals surface area contributed by atoms with Crippen molar-refractivity contribution in [3.8, 4) is 0 Å². The topological polar surface area (TPSA) is 73.5 Å². The number of nitrogens with zero attached hydrogens (tertiary/aromatic N) is 1. The number of fused-ring (bicyclic) bond motifs is 1. The summed E-state index contributed by atoms with van der Waals surface area (Å²) in [6.45, 7) is 7.98. The molecule has 2 aliphatic rings. The zero-order valence-electron chi connectivity index (χ0n) is 23.6. The van der Waals surface area contributed by atoms with Crippen molar-refractivity contribution in [3.05, 3.63) is 95.1 Å². The molecule has 3 aromatic rings. The van der Waals surface area contributed by atoms with E-state index in [9.17, 15) is 9.59 Å². The molecule has 1 aliphatic carbocycles. The van der Waals surface area contributed by atoms with Gasteiger partial charge in [-0.15, -0.1) is 0 Å². The Kier molecular flexibility index (Phi) is 8.97. The van der Waals surface area contributed by atoms with Crippen molar-refractivity contribution in [2.24, 2.45) is 5.92 Å². The molecule has 40 heavy (non-hydrogen) atoms. The third kappa shape index (κ3) is 6.45. The molecule has 6 nitrogen and oxygen atoms in total. The normalized spacial score (nSPS) is 16.4. The lowest BCUT2D eigenvalue weighted by Gasteiger charge is -2.21. The van der Waals surface area contributed by atoms with Gasteiger partial charge in [0.15, 0.2) is 0 Å². The summed E-state index contributed by atoms with van der Waals surface area (Å²) in [5.41, 5.74) is 6.32. The van der Waals surface area contributed by atoms with Gasteiger partial charge in [-0.05, 0) is 73.3 Å². The van der Waals surface area contributed by atoms with Crippen molar-refractivity contribution >= 4 is 34.5 Å². The van der Waals surface area contributed by atoms with E-state index >= 15 is 0 Å². The first-order valence-corrected chi connectivity index (χ1v) is 14.7. The van der Waals surface area contributed by atoms with Crippen LogP contribution in [0.5, 0.6) is 0 Å². The van der Waals surface area contributed by atoms with E-state index in [1.165, 1.54) is 37.7 Å². The second kappa shape index (κ2) is 13.0. The van der Waals surface area contributed by atoms with Gasteiger partial charge in [0, 0.05) is 35.6 Å². The molecule has 1 fully saturated rings. The number of hydrogen-bond acceptors (Lipinski definition) is 4. The fourth-order valence-electron chi connectivity index (χ4n) is 5.71. The zero-order chi connectivity index (χ0) is 27.9. The first kappa shape index (κ1) is 27.7. The van der Waals surface area contributed by atoms with Crippen molar-refractivity contribution in [1.82, 2.24) is 10.2 Å². The maximum Gasteiger partial charge on any atom is 0.258 e. The lowest BCUT2D eigenvalue weighted by Crippen LogP contribution is -2.30. The first-order valence-electron chi connectivity index (χ1n) is 14.7. The zero-order valence-corrected chi connectivity index (χ0v) is 23.6. The highest BCUT2D eigenvalue weighted by Crippen LogP contribution is 2.38. The molecule has 0 bridgehead atoms. The van der Waals surface area contributed by atoms with Crippen molar-refractivity contribution in [2.75, 3.05) is 30.3 Å². The minimum absolute atomic E-state index is 0.0925. The average molecular weight is 537 g/mol. The van der Waals surface area contributed by atoms with E-state index in [2.05, 4.69) is 59.0 Å². The van der Waals surface area contributed by atoms with Crippen LogP contribution in [0.1, 0.15) is 73.0 Å². The summed E-state index contributed by atoms with van der Waals surface area (Å²) in [5, 5.41) is 9.68. The van der Waals surface area contributed by atoms with Gasteiger partial charge in [0.2, 0.25) is 0 Å². The van der Waals surface area contributed by atoms with Gasteiger partial charge in [-0.25, -0.2) is 0 Å². The number of anilines is 2. The maximum atomic E-state index is 13.4. The Balaban J connectivity index is 1.44. The fraction of sp³-hybridized carbons (Fsp3) is 0.353. The first-order chi connectivity index (χ1) is 19.6. The van der Waals surface area contributed by atoms with E-state index in [4.69, 9.17) is 0 Å². The molecule has 5 rings (SSSR count). The van der Waals surface area contributed by atoms with Crippen LogP contribution in [0.4, 0.5) is 11.4 Å². The van der Waals surface area contributed by atoms with E-state index in [1.807, 2.05) is 42.5 Å². The Morgan fingerprint density at radius 1 is 0.900 bits per heavy atom. The van der Waals surface area contributed by atoms with Crippen LogP contribution in [-0.2, 0) is 11.3 Å². The summed E-state index contributed by atoms with van der Waals surface area (Å²) in [5.74, 6) is 0.280. The van der Waals surface area contributed by atoms with Gasteiger partial charge in [0.25, 0.3) is 11.8 Å². The van der Waals surface area contributed by atoms with Crippen molar-refractivity contribution in [1.29, 1.82) is 0 Å². The van der Waals surface area contributed by atoms with Gasteiger partial charge in [-0.1, -0.05) is 75.6 Å². The quantitative estimate of drug-likeness (QED) is 0.250. The van der Waals surface area contributed by atoms with Crippen LogP contribution in [0.3, 0.4) is 0 Å². The third-order valence-electron chi connectivity index (χ3n) is 8.14. The molecule has 6 heteroatoms. The number of rotatable bonds is 10. The number of carbonyl (C=O) groups is 2. The standard InChI is InChI=1S/C34H40N4O2/c1-3-38(4-2)23-25-15-18-28(19-16-25)36-32(26-13-9-6-10-14-26)31-29-21-27(17-20-30(29)37-34(31)40)33(39)35-22-24-11-7-5-8-12-24/h6,9-10,13-21,24,36H,3-5,7-8,11-12,22-23H2,1-2H3,(H,35,39)(H,37,40)/b32-31-. The molecule has 1 aliphatic heterocycles. The number of amides is 2. The summed E-state index contributed by atoms with van der Waals surface area (Å²) in [6, 6.07) is 23.7. The highest BCUT2D eigenvalue weighted by Gasteiger charge is 2.29. The Hall–Kier alpha value is -3.90. The Morgan fingerprint density at radius 2 is 1.62 bits per heavy atom. The van der Waals surface area contributed by atoms with Gasteiger partial charge in [-0.3, -0.25) is 14.5 Å². The Labute approximate surface area is 237 Å². The lowest BCUT2D eigenvalue weighted by molar-refractivity contribution is -0.110. The molecule has 0 saturated heterocycles. The SMILES string of the molecule is CCN(CC)Cc1ccc(N/C(=C2\C(=O)Nc3ccc(C(=O)NCC4CCCCC4)cc32)c2ccccc2)cc1. The highest BCUT2D eigenvalue weighted by atomic mass is 16.2. The molecule has 2 amide bonds. The largest absolute Gasteiger partial charge is 0.354 e. The number of benzene rings is 3. The molecule has 1 saturated carbocycles. The molecule has 0 spiro atoms. The molecule has 0 aromatic heterocycles. The van der Waals surface area contributed by atoms with E-state index in [0.29, 0.717) is 35.0 Å². The second-order valence-electron chi connectivity index (χ2n) is 10.8. The average Bonchev–Trinajstić information content (AvgIpc) is 3.33. The van der Waals surface area contributed by atoms with Crippen molar-refractivity contribution in [2.45, 2.75) is 52.5 Å². The van der Waals surface area contributed by atoms with Crippen molar-refractivity contribution in [3.63, 3.8) is 0 Å². The van der Waals surface area contributed by atoms with Crippen LogP contribution in [0.2, 0.25) is 0 Å². The summed E-state index contributed by atoms with van der Waals surface area (Å²) in [7, 11) is 0.